The molecule has 0 aliphatic carbocycles. The number of anilines is 1. The smallest absolute Gasteiger partial charge is 0.221 e. The zero-order chi connectivity index (χ0) is 17.8. The third-order valence-electron chi connectivity index (χ3n) is 3.85. The van der Waals surface area contributed by atoms with Gasteiger partial charge in [0.15, 0.2) is 0 Å². The number of aromatic nitrogens is 2. The summed E-state index contributed by atoms with van der Waals surface area (Å²) >= 11 is 0. The Balaban J connectivity index is 1.82. The Morgan fingerprint density at radius 2 is 1.84 bits per heavy atom. The highest BCUT2D eigenvalue weighted by Crippen LogP contribution is 2.26. The minimum atomic E-state index is 0.358. The van der Waals surface area contributed by atoms with E-state index < -0.39 is 0 Å². The molecule has 0 saturated carbocycles. The first-order valence-corrected chi connectivity index (χ1v) is 8.25. The Bertz CT molecular complexity index is 879. The molecule has 3 rings (SSSR count). The maximum Gasteiger partial charge on any atom is 0.221 e. The van der Waals surface area contributed by atoms with E-state index in [1.54, 1.807) is 17.1 Å². The number of nitrogens with two attached hydrogens (primary N) is 1. The van der Waals surface area contributed by atoms with E-state index in [0.29, 0.717) is 11.9 Å². The molecule has 5 heteroatoms. The number of hydrogen-bond donors (Lipinski definition) is 1. The zero-order valence-electron chi connectivity index (χ0n) is 14.7. The molecule has 0 spiro atoms. The van der Waals surface area contributed by atoms with Crippen molar-refractivity contribution in [2.75, 3.05) is 5.73 Å². The van der Waals surface area contributed by atoms with Crippen molar-refractivity contribution in [2.45, 2.75) is 26.7 Å². The molecule has 0 amide bonds. The van der Waals surface area contributed by atoms with Gasteiger partial charge in [-0.15, -0.1) is 0 Å². The molecule has 0 saturated heterocycles. The van der Waals surface area contributed by atoms with Gasteiger partial charge in [-0.2, -0.15) is 5.10 Å². The number of benzene rings is 2. The van der Waals surface area contributed by atoms with Crippen LogP contribution in [-0.4, -0.2) is 15.9 Å². The lowest BCUT2D eigenvalue weighted by Gasteiger charge is -2.10. The van der Waals surface area contributed by atoms with Crippen LogP contribution in [0.2, 0.25) is 0 Å². The average molecular weight is 334 g/mol. The fourth-order valence-electron chi connectivity index (χ4n) is 2.45. The molecule has 3 aromatic rings. The van der Waals surface area contributed by atoms with Gasteiger partial charge in [-0.1, -0.05) is 38.1 Å². The van der Waals surface area contributed by atoms with Gasteiger partial charge in [0.25, 0.3) is 0 Å². The van der Waals surface area contributed by atoms with Crippen LogP contribution in [-0.2, 0) is 0 Å². The molecule has 0 aliphatic rings. The Morgan fingerprint density at radius 1 is 1.12 bits per heavy atom. The molecule has 0 fully saturated rings. The summed E-state index contributed by atoms with van der Waals surface area (Å²) in [5.41, 5.74) is 8.78. The van der Waals surface area contributed by atoms with Gasteiger partial charge in [-0.25, -0.2) is 9.66 Å². The fourth-order valence-corrected chi connectivity index (χ4v) is 2.45. The number of aryl methyl sites for hydroxylation is 1. The van der Waals surface area contributed by atoms with Crippen molar-refractivity contribution in [3.8, 4) is 11.5 Å². The molecule has 25 heavy (non-hydrogen) atoms. The van der Waals surface area contributed by atoms with Gasteiger partial charge in [0.2, 0.25) is 5.95 Å². The average Bonchev–Trinajstić information content (AvgIpc) is 2.92. The summed E-state index contributed by atoms with van der Waals surface area (Å²) in [7, 11) is 0. The van der Waals surface area contributed by atoms with Crippen molar-refractivity contribution >= 4 is 12.2 Å². The normalized spacial score (nSPS) is 11.4. The topological polar surface area (TPSA) is 65.4 Å². The van der Waals surface area contributed by atoms with Crippen molar-refractivity contribution in [1.29, 1.82) is 0 Å². The third kappa shape index (κ3) is 4.07. The maximum atomic E-state index is 6.02. The van der Waals surface area contributed by atoms with E-state index in [1.165, 1.54) is 5.56 Å². The number of nitrogen functional groups attached to an aromatic ring is 1. The molecule has 5 nitrogen and oxygen atoms in total. The fraction of sp³-hybridized carbons (Fsp3) is 0.200. The lowest BCUT2D eigenvalue weighted by Crippen LogP contribution is -1.98. The summed E-state index contributed by atoms with van der Waals surface area (Å²) < 4.78 is 7.57. The molecule has 0 radical (unpaired) electrons. The number of rotatable bonds is 5. The van der Waals surface area contributed by atoms with Crippen LogP contribution in [0.1, 0.15) is 36.6 Å². The third-order valence-corrected chi connectivity index (χ3v) is 3.85. The molecule has 2 aromatic carbocycles. The van der Waals surface area contributed by atoms with E-state index in [1.807, 2.05) is 43.3 Å². The molecule has 0 atom stereocenters. The zero-order valence-corrected chi connectivity index (χ0v) is 14.7. The largest absolute Gasteiger partial charge is 0.457 e. The van der Waals surface area contributed by atoms with Crippen molar-refractivity contribution in [1.82, 2.24) is 9.66 Å². The van der Waals surface area contributed by atoms with Crippen molar-refractivity contribution < 1.29 is 4.74 Å². The number of nitrogens with zero attached hydrogens (tertiary/aromatic N) is 3. The molecule has 1 heterocycles. The SMILES string of the molecule is Cc1cn(N=Cc2ccccc2Oc2ccc(C(C)C)cc2)c(N)n1. The second-order valence-corrected chi connectivity index (χ2v) is 6.19. The van der Waals surface area contributed by atoms with E-state index in [9.17, 15) is 0 Å². The molecule has 2 N–H and O–H groups in total. The number of para-hydroxylation sites is 1. The van der Waals surface area contributed by atoms with Crippen LogP contribution in [0.5, 0.6) is 11.5 Å². The summed E-state index contributed by atoms with van der Waals surface area (Å²) in [5, 5.41) is 4.36. The van der Waals surface area contributed by atoms with Crippen molar-refractivity contribution in [3.63, 3.8) is 0 Å². The maximum absolute atomic E-state index is 6.02. The molecule has 0 bridgehead atoms. The first-order valence-electron chi connectivity index (χ1n) is 8.25. The van der Waals surface area contributed by atoms with Crippen molar-refractivity contribution in [2.24, 2.45) is 5.10 Å². The monoisotopic (exact) mass is 334 g/mol. The van der Waals surface area contributed by atoms with E-state index in [2.05, 4.69) is 36.1 Å². The van der Waals surface area contributed by atoms with E-state index in [-0.39, 0.29) is 0 Å². The van der Waals surface area contributed by atoms with Gasteiger partial charge < -0.3 is 10.5 Å². The second kappa shape index (κ2) is 7.21. The second-order valence-electron chi connectivity index (χ2n) is 6.19. The van der Waals surface area contributed by atoms with Crippen LogP contribution >= 0.6 is 0 Å². The Labute approximate surface area is 147 Å². The molecular formula is C20H22N4O. The highest BCUT2D eigenvalue weighted by molar-refractivity contribution is 5.83. The summed E-state index contributed by atoms with van der Waals surface area (Å²) in [4.78, 5) is 4.13. The number of hydrogen-bond acceptors (Lipinski definition) is 4. The summed E-state index contributed by atoms with van der Waals surface area (Å²) in [6.07, 6.45) is 3.50. The summed E-state index contributed by atoms with van der Waals surface area (Å²) in [5.74, 6) is 2.39. The highest BCUT2D eigenvalue weighted by atomic mass is 16.5. The standard InChI is InChI=1S/C20H22N4O/c1-14(2)16-8-10-18(11-9-16)25-19-7-5-4-6-17(19)12-22-24-13-15(3)23-20(24)21/h4-14H,1-3H3,(H2,21,23). The van der Waals surface area contributed by atoms with E-state index in [4.69, 9.17) is 10.5 Å². The van der Waals surface area contributed by atoms with Gasteiger partial charge in [0.1, 0.15) is 11.5 Å². The molecule has 0 unspecified atom stereocenters. The van der Waals surface area contributed by atoms with Crippen LogP contribution in [0.25, 0.3) is 0 Å². The quantitative estimate of drug-likeness (QED) is 0.695. The van der Waals surface area contributed by atoms with Crippen LogP contribution in [0.3, 0.4) is 0 Å². The predicted molar refractivity (Wildman–Crippen MR) is 101 cm³/mol. The minimum Gasteiger partial charge on any atom is -0.457 e. The summed E-state index contributed by atoms with van der Waals surface area (Å²) in [6, 6.07) is 15.9. The highest BCUT2D eigenvalue weighted by Gasteiger charge is 2.05. The first kappa shape index (κ1) is 16.8. The Morgan fingerprint density at radius 3 is 2.48 bits per heavy atom. The van der Waals surface area contributed by atoms with Crippen molar-refractivity contribution in [3.05, 3.63) is 71.5 Å². The van der Waals surface area contributed by atoms with Crippen LogP contribution in [0.4, 0.5) is 5.95 Å². The molecule has 0 aliphatic heterocycles. The molecular weight excluding hydrogens is 312 g/mol. The van der Waals surface area contributed by atoms with Gasteiger partial charge in [0.05, 0.1) is 18.1 Å². The minimum absolute atomic E-state index is 0.358. The first-order chi connectivity index (χ1) is 12.0. The molecule has 1 aromatic heterocycles. The molecule has 128 valence electrons. The number of ether oxygens (including phenoxy) is 1. The van der Waals surface area contributed by atoms with E-state index >= 15 is 0 Å². The van der Waals surface area contributed by atoms with Crippen LogP contribution in [0.15, 0.2) is 59.8 Å². The van der Waals surface area contributed by atoms with Gasteiger partial charge in [0, 0.05) is 5.56 Å². The number of imidazole rings is 1. The van der Waals surface area contributed by atoms with E-state index in [0.717, 1.165) is 22.8 Å². The van der Waals surface area contributed by atoms with Gasteiger partial charge in [-0.05, 0) is 42.7 Å². The predicted octanol–water partition coefficient (Wildman–Crippen LogP) is 4.57. The summed E-state index contributed by atoms with van der Waals surface area (Å²) in [6.45, 7) is 6.22. The van der Waals surface area contributed by atoms with Gasteiger partial charge in [-0.3, -0.25) is 0 Å². The Hall–Kier alpha value is -3.08. The van der Waals surface area contributed by atoms with Crippen LogP contribution in [0, 0.1) is 6.92 Å². The van der Waals surface area contributed by atoms with Crippen LogP contribution < -0.4 is 10.5 Å². The Kier molecular flexibility index (Phi) is 4.84. The lowest BCUT2D eigenvalue weighted by atomic mass is 10.0. The lowest BCUT2D eigenvalue weighted by molar-refractivity contribution is 0.481. The van der Waals surface area contributed by atoms with Gasteiger partial charge >= 0.3 is 0 Å².